The van der Waals surface area contributed by atoms with Gasteiger partial charge < -0.3 is 10.1 Å². The van der Waals surface area contributed by atoms with Gasteiger partial charge in [0.05, 0.1) is 7.11 Å². The summed E-state index contributed by atoms with van der Waals surface area (Å²) in [6.07, 6.45) is 8.81. The second-order valence-electron chi connectivity index (χ2n) is 5.19. The van der Waals surface area contributed by atoms with Crippen molar-refractivity contribution in [2.75, 3.05) is 7.11 Å². The Bertz CT molecular complexity index is 222. The molecule has 1 fully saturated rings. The number of esters is 1. The monoisotopic (exact) mass is 241 g/mol. The third kappa shape index (κ3) is 4.66. The van der Waals surface area contributed by atoms with Gasteiger partial charge in [0, 0.05) is 6.04 Å². The lowest BCUT2D eigenvalue weighted by Crippen LogP contribution is -2.45. The molecule has 0 radical (unpaired) electrons. The minimum atomic E-state index is -0.141. The van der Waals surface area contributed by atoms with E-state index in [-0.39, 0.29) is 12.0 Å². The molecule has 1 unspecified atom stereocenters. The maximum atomic E-state index is 11.5. The first kappa shape index (κ1) is 14.5. The number of hydrogen-bond acceptors (Lipinski definition) is 3. The van der Waals surface area contributed by atoms with Crippen molar-refractivity contribution >= 4 is 5.97 Å². The normalized spacial score (nSPS) is 21.6. The van der Waals surface area contributed by atoms with Crippen molar-refractivity contribution < 1.29 is 9.53 Å². The third-order valence-electron chi connectivity index (χ3n) is 3.96. The minimum Gasteiger partial charge on any atom is -0.468 e. The molecule has 100 valence electrons. The van der Waals surface area contributed by atoms with Gasteiger partial charge >= 0.3 is 5.97 Å². The highest BCUT2D eigenvalue weighted by molar-refractivity contribution is 5.75. The maximum absolute atomic E-state index is 11.5. The Morgan fingerprint density at radius 2 is 1.88 bits per heavy atom. The van der Waals surface area contributed by atoms with E-state index in [4.69, 9.17) is 4.74 Å². The molecule has 1 saturated carbocycles. The van der Waals surface area contributed by atoms with Crippen LogP contribution in [-0.2, 0) is 9.53 Å². The SMILES string of the molecule is CCC(N[C@H](C)C1CCCCCC1)C(=O)OC. The summed E-state index contributed by atoms with van der Waals surface area (Å²) in [4.78, 5) is 11.5. The summed E-state index contributed by atoms with van der Waals surface area (Å²) in [6.45, 7) is 4.23. The second-order valence-corrected chi connectivity index (χ2v) is 5.19. The lowest BCUT2D eigenvalue weighted by atomic mass is 9.92. The van der Waals surface area contributed by atoms with Gasteiger partial charge in [-0.3, -0.25) is 4.79 Å². The smallest absolute Gasteiger partial charge is 0.322 e. The van der Waals surface area contributed by atoms with Crippen LogP contribution in [0.4, 0.5) is 0 Å². The van der Waals surface area contributed by atoms with Gasteiger partial charge in [-0.05, 0) is 32.1 Å². The van der Waals surface area contributed by atoms with Crippen LogP contribution in [0.25, 0.3) is 0 Å². The molecule has 0 heterocycles. The van der Waals surface area contributed by atoms with Crippen molar-refractivity contribution in [2.24, 2.45) is 5.92 Å². The van der Waals surface area contributed by atoms with Crippen molar-refractivity contribution in [3.8, 4) is 0 Å². The maximum Gasteiger partial charge on any atom is 0.322 e. The molecule has 1 N–H and O–H groups in total. The van der Waals surface area contributed by atoms with Crippen LogP contribution in [0.3, 0.4) is 0 Å². The van der Waals surface area contributed by atoms with Crippen molar-refractivity contribution in [3.63, 3.8) is 0 Å². The first-order valence-electron chi connectivity index (χ1n) is 7.03. The fourth-order valence-electron chi connectivity index (χ4n) is 2.76. The average Bonchev–Trinajstić information content (AvgIpc) is 2.63. The van der Waals surface area contributed by atoms with E-state index in [2.05, 4.69) is 12.2 Å². The molecule has 0 aromatic carbocycles. The Labute approximate surface area is 105 Å². The summed E-state index contributed by atoms with van der Waals surface area (Å²) < 4.78 is 4.81. The van der Waals surface area contributed by atoms with E-state index in [0.29, 0.717) is 6.04 Å². The largest absolute Gasteiger partial charge is 0.468 e. The summed E-state index contributed by atoms with van der Waals surface area (Å²) in [5.74, 6) is 0.587. The molecule has 0 amide bonds. The predicted molar refractivity (Wildman–Crippen MR) is 69.9 cm³/mol. The van der Waals surface area contributed by atoms with Gasteiger partial charge in [0.1, 0.15) is 6.04 Å². The van der Waals surface area contributed by atoms with Crippen LogP contribution in [0.2, 0.25) is 0 Å². The van der Waals surface area contributed by atoms with E-state index in [1.807, 2.05) is 6.92 Å². The van der Waals surface area contributed by atoms with E-state index in [9.17, 15) is 4.79 Å². The highest BCUT2D eigenvalue weighted by Gasteiger charge is 2.24. The summed E-state index contributed by atoms with van der Waals surface area (Å²) in [5.41, 5.74) is 0. The van der Waals surface area contributed by atoms with Crippen LogP contribution < -0.4 is 5.32 Å². The molecule has 0 bridgehead atoms. The van der Waals surface area contributed by atoms with Gasteiger partial charge in [0.15, 0.2) is 0 Å². The van der Waals surface area contributed by atoms with Crippen LogP contribution in [-0.4, -0.2) is 25.2 Å². The molecule has 0 aromatic heterocycles. The highest BCUT2D eigenvalue weighted by Crippen LogP contribution is 2.25. The second kappa shape index (κ2) is 7.70. The lowest BCUT2D eigenvalue weighted by molar-refractivity contribution is -0.143. The molecule has 0 aromatic rings. The number of rotatable bonds is 5. The zero-order valence-electron chi connectivity index (χ0n) is 11.5. The number of ether oxygens (including phenoxy) is 1. The van der Waals surface area contributed by atoms with Crippen molar-refractivity contribution in [1.29, 1.82) is 0 Å². The summed E-state index contributed by atoms with van der Waals surface area (Å²) in [5, 5.41) is 3.44. The number of hydrogen-bond donors (Lipinski definition) is 1. The van der Waals surface area contributed by atoms with E-state index in [0.717, 1.165) is 12.3 Å². The van der Waals surface area contributed by atoms with E-state index < -0.39 is 0 Å². The number of nitrogens with one attached hydrogen (secondary N) is 1. The standard InChI is InChI=1S/C14H27NO2/c1-4-13(14(16)17-3)15-11(2)12-9-7-5-6-8-10-12/h11-13,15H,4-10H2,1-3H3/t11-,13?/m1/s1. The van der Waals surface area contributed by atoms with Crippen molar-refractivity contribution in [3.05, 3.63) is 0 Å². The Morgan fingerprint density at radius 3 is 2.35 bits per heavy atom. The Hall–Kier alpha value is -0.570. The third-order valence-corrected chi connectivity index (χ3v) is 3.96. The fourth-order valence-corrected chi connectivity index (χ4v) is 2.76. The summed E-state index contributed by atoms with van der Waals surface area (Å²) in [7, 11) is 1.46. The van der Waals surface area contributed by atoms with Gasteiger partial charge in [0.2, 0.25) is 0 Å². The molecule has 1 rings (SSSR count). The molecule has 2 atom stereocenters. The number of methoxy groups -OCH3 is 1. The van der Waals surface area contributed by atoms with Gasteiger partial charge in [0.25, 0.3) is 0 Å². The predicted octanol–water partition coefficient (Wildman–Crippen LogP) is 2.89. The molecule has 0 saturated heterocycles. The van der Waals surface area contributed by atoms with E-state index in [1.165, 1.54) is 45.6 Å². The molecule has 1 aliphatic rings. The Morgan fingerprint density at radius 1 is 1.29 bits per heavy atom. The first-order chi connectivity index (χ1) is 8.19. The Kier molecular flexibility index (Phi) is 6.56. The first-order valence-corrected chi connectivity index (χ1v) is 7.03. The molecule has 0 spiro atoms. The Balaban J connectivity index is 2.44. The molecule has 3 heteroatoms. The van der Waals surface area contributed by atoms with Gasteiger partial charge in [-0.25, -0.2) is 0 Å². The van der Waals surface area contributed by atoms with Gasteiger partial charge in [-0.15, -0.1) is 0 Å². The van der Waals surface area contributed by atoms with E-state index >= 15 is 0 Å². The van der Waals surface area contributed by atoms with Crippen LogP contribution in [0.5, 0.6) is 0 Å². The molecule has 0 aliphatic heterocycles. The van der Waals surface area contributed by atoms with Crippen LogP contribution in [0.15, 0.2) is 0 Å². The molecule has 3 nitrogen and oxygen atoms in total. The summed E-state index contributed by atoms with van der Waals surface area (Å²) >= 11 is 0. The number of carbonyl (C=O) groups is 1. The zero-order chi connectivity index (χ0) is 12.7. The van der Waals surface area contributed by atoms with Crippen LogP contribution in [0, 0.1) is 5.92 Å². The topological polar surface area (TPSA) is 38.3 Å². The van der Waals surface area contributed by atoms with Crippen LogP contribution in [0.1, 0.15) is 58.8 Å². The highest BCUT2D eigenvalue weighted by atomic mass is 16.5. The minimum absolute atomic E-state index is 0.132. The fraction of sp³-hybridized carbons (Fsp3) is 0.929. The van der Waals surface area contributed by atoms with E-state index in [1.54, 1.807) is 0 Å². The summed E-state index contributed by atoms with van der Waals surface area (Å²) in [6, 6.07) is 0.274. The van der Waals surface area contributed by atoms with Crippen molar-refractivity contribution in [2.45, 2.75) is 70.9 Å². The molecule has 1 aliphatic carbocycles. The van der Waals surface area contributed by atoms with Crippen molar-refractivity contribution in [1.82, 2.24) is 5.32 Å². The zero-order valence-corrected chi connectivity index (χ0v) is 11.5. The van der Waals surface area contributed by atoms with Gasteiger partial charge in [-0.2, -0.15) is 0 Å². The molecule has 17 heavy (non-hydrogen) atoms. The lowest BCUT2D eigenvalue weighted by Gasteiger charge is -2.27. The quantitative estimate of drug-likeness (QED) is 0.594. The molecular formula is C14H27NO2. The van der Waals surface area contributed by atoms with Crippen LogP contribution >= 0.6 is 0 Å². The van der Waals surface area contributed by atoms with Gasteiger partial charge in [-0.1, -0.05) is 32.6 Å². The molecular weight excluding hydrogens is 214 g/mol. The average molecular weight is 241 g/mol. The number of carbonyl (C=O) groups excluding carboxylic acids is 1.